The highest BCUT2D eigenvalue weighted by Crippen LogP contribution is 2.46. The molecule has 10 heteroatoms. The second kappa shape index (κ2) is 8.64. The Bertz CT molecular complexity index is 1310. The Kier molecular flexibility index (Phi) is 5.97. The summed E-state index contributed by atoms with van der Waals surface area (Å²) in [5, 5.41) is 0. The quantitative estimate of drug-likeness (QED) is 0.373. The molecule has 2 aromatic carbocycles. The summed E-state index contributed by atoms with van der Waals surface area (Å²) in [5.74, 6) is 0.795. The zero-order valence-electron chi connectivity index (χ0n) is 21.3. The van der Waals surface area contributed by atoms with Crippen LogP contribution in [0.4, 0.5) is 8.78 Å². The summed E-state index contributed by atoms with van der Waals surface area (Å²) in [6.45, 7) is 4.99. The molecule has 36 heavy (non-hydrogen) atoms. The molecule has 1 saturated heterocycles. The third-order valence-corrected chi connectivity index (χ3v) is 7.72. The maximum absolute atomic E-state index is 13.3. The number of carbonyl (C=O) groups is 1. The lowest BCUT2D eigenvalue weighted by Crippen LogP contribution is -2.41. The molecule has 1 fully saturated rings. The summed E-state index contributed by atoms with van der Waals surface area (Å²) in [4.78, 5) is 18.9. The van der Waals surface area contributed by atoms with Crippen molar-refractivity contribution in [2.24, 2.45) is 0 Å². The van der Waals surface area contributed by atoms with Gasteiger partial charge in [-0.05, 0) is 71.9 Å². The molecule has 3 heterocycles. The first-order chi connectivity index (χ1) is 16.9. The van der Waals surface area contributed by atoms with Crippen molar-refractivity contribution in [3.8, 4) is 5.75 Å². The number of aldehydes is 1. The highest BCUT2D eigenvalue weighted by atomic mass is 19.3. The molecule has 5 rings (SSSR count). The predicted molar refractivity (Wildman–Crippen MR) is 133 cm³/mol. The molecule has 0 bridgehead atoms. The zero-order valence-corrected chi connectivity index (χ0v) is 21.3. The number of ether oxygens (including phenoxy) is 1. The zero-order chi connectivity index (χ0) is 26.0. The van der Waals surface area contributed by atoms with Crippen LogP contribution < -0.4 is 10.2 Å². The molecule has 1 aromatic heterocycles. The molecule has 2 atom stereocenters. The van der Waals surface area contributed by atoms with Crippen molar-refractivity contribution in [1.82, 2.24) is 14.5 Å². The van der Waals surface area contributed by atoms with Crippen LogP contribution in [0.25, 0.3) is 11.0 Å². The van der Waals surface area contributed by atoms with Crippen LogP contribution in [0.2, 0.25) is 0 Å². The average molecular weight is 497 g/mol. The average Bonchev–Trinajstić information content (AvgIpc) is 3.41. The number of hydrogen-bond acceptors (Lipinski definition) is 6. The molecule has 7 nitrogen and oxygen atoms in total. The van der Waals surface area contributed by atoms with Crippen molar-refractivity contribution in [1.29, 1.82) is 0 Å². The molecule has 0 radical (unpaired) electrons. The lowest BCUT2D eigenvalue weighted by atomic mass is 9.79. The van der Waals surface area contributed by atoms with E-state index in [9.17, 15) is 13.6 Å². The molecule has 3 aromatic rings. The van der Waals surface area contributed by atoms with E-state index >= 15 is 0 Å². The first kappa shape index (κ1) is 24.9. The molecular formula is C26H30BF2N3O4. The van der Waals surface area contributed by atoms with Gasteiger partial charge >= 0.3 is 13.7 Å². The fraction of sp³-hybridized carbons (Fsp3) is 0.462. The largest absolute Gasteiger partial charge is 0.494 e. The normalized spacial score (nSPS) is 22.6. The van der Waals surface area contributed by atoms with Crippen LogP contribution >= 0.6 is 0 Å². The van der Waals surface area contributed by atoms with Crippen molar-refractivity contribution in [3.05, 3.63) is 53.3 Å². The summed E-state index contributed by atoms with van der Waals surface area (Å²) < 4.78 is 46.0. The Labute approximate surface area is 209 Å². The summed E-state index contributed by atoms with van der Waals surface area (Å²) in [6.07, 6.45) is 1.24. The molecule has 2 aliphatic rings. The van der Waals surface area contributed by atoms with Crippen LogP contribution in [-0.4, -0.2) is 59.8 Å². The second-order valence-electron chi connectivity index (χ2n) is 10.7. The summed E-state index contributed by atoms with van der Waals surface area (Å²) in [7, 11) is 3.35. The van der Waals surface area contributed by atoms with E-state index in [2.05, 4.69) is 0 Å². The molecule has 0 saturated carbocycles. The van der Waals surface area contributed by atoms with Gasteiger partial charge in [-0.3, -0.25) is 9.69 Å². The van der Waals surface area contributed by atoms with Gasteiger partial charge in [-0.25, -0.2) is 4.98 Å². The molecule has 0 N–H and O–H groups in total. The van der Waals surface area contributed by atoms with E-state index in [1.165, 1.54) is 6.07 Å². The lowest BCUT2D eigenvalue weighted by Gasteiger charge is -2.32. The third kappa shape index (κ3) is 3.92. The number of halogens is 2. The van der Waals surface area contributed by atoms with Gasteiger partial charge in [-0.1, -0.05) is 18.2 Å². The second-order valence-corrected chi connectivity index (χ2v) is 10.7. The monoisotopic (exact) mass is 497 g/mol. The van der Waals surface area contributed by atoms with E-state index in [4.69, 9.17) is 19.0 Å². The predicted octanol–water partition coefficient (Wildman–Crippen LogP) is 4.35. The number of nitrogens with zero attached hydrogens (tertiary/aromatic N) is 3. The Morgan fingerprint density at radius 2 is 1.86 bits per heavy atom. The van der Waals surface area contributed by atoms with E-state index in [0.29, 0.717) is 23.8 Å². The summed E-state index contributed by atoms with van der Waals surface area (Å²) >= 11 is 0. The molecular weight excluding hydrogens is 467 g/mol. The molecule has 2 aliphatic heterocycles. The third-order valence-electron chi connectivity index (χ3n) is 7.72. The number of benzene rings is 2. The molecule has 0 amide bonds. The maximum atomic E-state index is 13.3. The number of imidazole rings is 1. The van der Waals surface area contributed by atoms with Crippen LogP contribution in [-0.2, 0) is 9.31 Å². The highest BCUT2D eigenvalue weighted by molar-refractivity contribution is 6.62. The summed E-state index contributed by atoms with van der Waals surface area (Å²) in [5.41, 5.74) is 2.18. The van der Waals surface area contributed by atoms with E-state index in [1.54, 1.807) is 12.1 Å². The first-order valence-corrected chi connectivity index (χ1v) is 12.0. The van der Waals surface area contributed by atoms with Crippen molar-refractivity contribution in [2.45, 2.75) is 64.0 Å². The van der Waals surface area contributed by atoms with Crippen molar-refractivity contribution in [3.63, 3.8) is 0 Å². The van der Waals surface area contributed by atoms with Gasteiger partial charge in [0.05, 0.1) is 34.3 Å². The van der Waals surface area contributed by atoms with E-state index in [-0.39, 0.29) is 11.8 Å². The van der Waals surface area contributed by atoms with Crippen molar-refractivity contribution < 1.29 is 27.6 Å². The summed E-state index contributed by atoms with van der Waals surface area (Å²) in [6, 6.07) is 9.99. The minimum Gasteiger partial charge on any atom is -0.434 e. The van der Waals surface area contributed by atoms with Crippen molar-refractivity contribution in [2.75, 3.05) is 14.1 Å². The van der Waals surface area contributed by atoms with Gasteiger partial charge in [0.15, 0.2) is 6.29 Å². The number of aromatic nitrogens is 2. The van der Waals surface area contributed by atoms with Gasteiger partial charge in [0.2, 0.25) is 0 Å². The van der Waals surface area contributed by atoms with Crippen LogP contribution in [0.15, 0.2) is 36.4 Å². The van der Waals surface area contributed by atoms with Crippen LogP contribution in [0, 0.1) is 0 Å². The maximum Gasteiger partial charge on any atom is 0.494 e. The minimum atomic E-state index is -3.01. The molecule has 190 valence electrons. The van der Waals surface area contributed by atoms with Gasteiger partial charge in [0, 0.05) is 11.1 Å². The van der Waals surface area contributed by atoms with Gasteiger partial charge in [0.25, 0.3) is 0 Å². The van der Waals surface area contributed by atoms with E-state index < -0.39 is 31.0 Å². The standard InChI is InChI=1S/C26H30BF2N3O4/c1-25(2)26(3,4)36-27(35-25)16-10-11-17-18(12-16)32-19(13-20(31(5)6)23(32)30-17)22-15(14-33)8-7-9-21(22)34-24(28)29/h7-12,14,19-20,24H,13H2,1-6H3. The Morgan fingerprint density at radius 1 is 1.17 bits per heavy atom. The van der Waals surface area contributed by atoms with Crippen molar-refractivity contribution >= 4 is 29.9 Å². The van der Waals surface area contributed by atoms with Gasteiger partial charge < -0.3 is 18.6 Å². The first-order valence-electron chi connectivity index (χ1n) is 12.0. The smallest absolute Gasteiger partial charge is 0.434 e. The SMILES string of the molecule is CN(C)C1CC(c2c(C=O)cccc2OC(F)F)n2c1nc1ccc(B3OC(C)(C)C(C)(C)O3)cc12. The lowest BCUT2D eigenvalue weighted by molar-refractivity contribution is -0.0507. The Hall–Kier alpha value is -2.82. The van der Waals surface area contributed by atoms with Crippen LogP contribution in [0.1, 0.15) is 67.9 Å². The fourth-order valence-electron chi connectivity index (χ4n) is 5.15. The molecule has 0 aliphatic carbocycles. The number of hydrogen-bond donors (Lipinski definition) is 0. The van der Waals surface area contributed by atoms with Gasteiger partial charge in [-0.15, -0.1) is 0 Å². The molecule has 2 unspecified atom stereocenters. The topological polar surface area (TPSA) is 65.8 Å². The van der Waals surface area contributed by atoms with Gasteiger partial charge in [-0.2, -0.15) is 8.78 Å². The molecule has 0 spiro atoms. The Balaban J connectivity index is 1.68. The minimum absolute atomic E-state index is 0.00563. The van der Waals surface area contributed by atoms with Crippen LogP contribution in [0.3, 0.4) is 0 Å². The number of fused-ring (bicyclic) bond motifs is 3. The fourth-order valence-corrected chi connectivity index (χ4v) is 5.15. The van der Waals surface area contributed by atoms with Crippen LogP contribution in [0.5, 0.6) is 5.75 Å². The van der Waals surface area contributed by atoms with E-state index in [0.717, 1.165) is 22.3 Å². The Morgan fingerprint density at radius 3 is 2.47 bits per heavy atom. The number of alkyl halides is 2. The number of carbonyl (C=O) groups excluding carboxylic acids is 1. The highest BCUT2D eigenvalue weighted by Gasteiger charge is 2.52. The van der Waals surface area contributed by atoms with Gasteiger partial charge in [0.1, 0.15) is 11.6 Å². The van der Waals surface area contributed by atoms with E-state index in [1.807, 2.05) is 69.5 Å². The number of rotatable bonds is 6.